The summed E-state index contributed by atoms with van der Waals surface area (Å²) in [6, 6.07) is 8.42. The number of hydrogen-bond donors (Lipinski definition) is 1. The normalized spacial score (nSPS) is 18.9. The van der Waals surface area contributed by atoms with Crippen molar-refractivity contribution in [2.75, 3.05) is 19.8 Å². The van der Waals surface area contributed by atoms with Gasteiger partial charge in [-0.05, 0) is 18.2 Å². The lowest BCUT2D eigenvalue weighted by molar-refractivity contribution is -0.156. The number of benzene rings is 1. The Morgan fingerprint density at radius 2 is 2.14 bits per heavy atom. The van der Waals surface area contributed by atoms with Crippen LogP contribution in [-0.4, -0.2) is 47.7 Å². The lowest BCUT2D eigenvalue weighted by atomic mass is 10.2. The summed E-state index contributed by atoms with van der Waals surface area (Å²) >= 11 is 0. The van der Waals surface area contributed by atoms with E-state index in [0.29, 0.717) is 12.4 Å². The number of morpholine rings is 1. The van der Waals surface area contributed by atoms with Crippen molar-refractivity contribution < 1.29 is 23.8 Å². The predicted molar refractivity (Wildman–Crippen MR) is 79.2 cm³/mol. The largest absolute Gasteiger partial charge is 0.480 e. The van der Waals surface area contributed by atoms with Crippen molar-refractivity contribution in [1.29, 1.82) is 0 Å². The van der Waals surface area contributed by atoms with Crippen molar-refractivity contribution in [2.24, 2.45) is 0 Å². The Hall–Kier alpha value is -2.60. The molecule has 0 bridgehead atoms. The Morgan fingerprint density at radius 3 is 2.91 bits per heavy atom. The zero-order valence-corrected chi connectivity index (χ0v) is 11.8. The number of nitrogens with zero attached hydrogens (tertiary/aromatic N) is 1. The molecule has 0 radical (unpaired) electrons. The van der Waals surface area contributed by atoms with Gasteiger partial charge in [-0.3, -0.25) is 4.79 Å². The van der Waals surface area contributed by atoms with Crippen LogP contribution in [0.4, 0.5) is 0 Å². The molecule has 1 aliphatic heterocycles. The highest BCUT2D eigenvalue weighted by atomic mass is 16.5. The number of amides is 1. The fourth-order valence-electron chi connectivity index (χ4n) is 2.41. The van der Waals surface area contributed by atoms with Gasteiger partial charge in [-0.25, -0.2) is 4.79 Å². The molecular weight excluding hydrogens is 286 g/mol. The standard InChI is InChI=1S/C16H15NO5/c18-15(17-7-8-21-10-13(17)16(19)20)6-5-12-9-11-3-1-2-4-14(11)22-12/h1-6,9,13H,7-8,10H2,(H,19,20). The molecular formula is C16H15NO5. The van der Waals surface area contributed by atoms with Gasteiger partial charge in [-0.2, -0.15) is 0 Å². The number of carbonyl (C=O) groups excluding carboxylic acids is 1. The monoisotopic (exact) mass is 301 g/mol. The highest BCUT2D eigenvalue weighted by molar-refractivity contribution is 5.94. The van der Waals surface area contributed by atoms with Crippen LogP contribution >= 0.6 is 0 Å². The maximum Gasteiger partial charge on any atom is 0.328 e. The number of carbonyl (C=O) groups is 2. The molecule has 2 aromatic rings. The van der Waals surface area contributed by atoms with Crippen LogP contribution in [0, 0.1) is 0 Å². The summed E-state index contributed by atoms with van der Waals surface area (Å²) in [6.45, 7) is 0.619. The minimum atomic E-state index is -1.06. The average molecular weight is 301 g/mol. The Balaban J connectivity index is 1.76. The van der Waals surface area contributed by atoms with E-state index in [2.05, 4.69) is 0 Å². The van der Waals surface area contributed by atoms with Gasteiger partial charge in [0.25, 0.3) is 0 Å². The second-order valence-electron chi connectivity index (χ2n) is 4.98. The van der Waals surface area contributed by atoms with Crippen LogP contribution in [0.3, 0.4) is 0 Å². The van der Waals surface area contributed by atoms with Gasteiger partial charge in [-0.15, -0.1) is 0 Å². The number of furan rings is 1. The van der Waals surface area contributed by atoms with Gasteiger partial charge in [-0.1, -0.05) is 18.2 Å². The lowest BCUT2D eigenvalue weighted by Gasteiger charge is -2.31. The molecule has 0 aliphatic carbocycles. The molecule has 1 N–H and O–H groups in total. The number of rotatable bonds is 3. The zero-order valence-electron chi connectivity index (χ0n) is 11.8. The molecule has 1 saturated heterocycles. The van der Waals surface area contributed by atoms with Crippen molar-refractivity contribution in [1.82, 2.24) is 4.90 Å². The Kier molecular flexibility index (Phi) is 3.93. The fourth-order valence-corrected chi connectivity index (χ4v) is 2.41. The van der Waals surface area contributed by atoms with E-state index in [4.69, 9.17) is 14.3 Å². The molecule has 1 aliphatic rings. The maximum absolute atomic E-state index is 12.2. The maximum atomic E-state index is 12.2. The van der Waals surface area contributed by atoms with Gasteiger partial charge in [0, 0.05) is 18.0 Å². The third-order valence-corrected chi connectivity index (χ3v) is 3.53. The van der Waals surface area contributed by atoms with Crippen molar-refractivity contribution >= 4 is 28.9 Å². The van der Waals surface area contributed by atoms with Gasteiger partial charge >= 0.3 is 5.97 Å². The SMILES string of the molecule is O=C(O)C1COCCN1C(=O)C=Cc1cc2ccccc2o1. The number of carboxylic acid groups (broad SMARTS) is 1. The minimum absolute atomic E-state index is 0.0134. The molecule has 0 spiro atoms. The van der Waals surface area contributed by atoms with Crippen LogP contribution in [0.1, 0.15) is 5.76 Å². The quantitative estimate of drug-likeness (QED) is 0.874. The lowest BCUT2D eigenvalue weighted by Crippen LogP contribution is -2.52. The van der Waals surface area contributed by atoms with Gasteiger partial charge in [0.1, 0.15) is 11.3 Å². The smallest absolute Gasteiger partial charge is 0.328 e. The topological polar surface area (TPSA) is 80.0 Å². The Morgan fingerprint density at radius 1 is 1.32 bits per heavy atom. The van der Waals surface area contributed by atoms with E-state index in [0.717, 1.165) is 11.0 Å². The summed E-state index contributed by atoms with van der Waals surface area (Å²) in [7, 11) is 0. The summed E-state index contributed by atoms with van der Waals surface area (Å²) in [5.74, 6) is -0.879. The molecule has 6 nitrogen and oxygen atoms in total. The summed E-state index contributed by atoms with van der Waals surface area (Å²) in [5, 5.41) is 10.1. The molecule has 114 valence electrons. The highest BCUT2D eigenvalue weighted by Gasteiger charge is 2.31. The van der Waals surface area contributed by atoms with Crippen molar-refractivity contribution in [2.45, 2.75) is 6.04 Å². The van der Waals surface area contributed by atoms with Crippen LogP contribution in [-0.2, 0) is 14.3 Å². The third-order valence-electron chi connectivity index (χ3n) is 3.53. The molecule has 22 heavy (non-hydrogen) atoms. The Labute approximate surface area is 126 Å². The van der Waals surface area contributed by atoms with Crippen LogP contribution in [0.25, 0.3) is 17.0 Å². The van der Waals surface area contributed by atoms with Crippen molar-refractivity contribution in [3.8, 4) is 0 Å². The first-order valence-corrected chi connectivity index (χ1v) is 6.93. The molecule has 1 atom stereocenters. The Bertz CT molecular complexity index is 700. The summed E-state index contributed by atoms with van der Waals surface area (Å²) in [4.78, 5) is 24.6. The second-order valence-corrected chi connectivity index (χ2v) is 4.98. The van der Waals surface area contributed by atoms with Gasteiger partial charge in [0.15, 0.2) is 6.04 Å². The van der Waals surface area contributed by atoms with E-state index in [1.807, 2.05) is 30.3 Å². The first-order valence-electron chi connectivity index (χ1n) is 6.93. The van der Waals surface area contributed by atoms with Crippen molar-refractivity contribution in [3.05, 3.63) is 42.2 Å². The molecule has 2 heterocycles. The summed E-state index contributed by atoms with van der Waals surface area (Å²) < 4.78 is 10.7. The first-order chi connectivity index (χ1) is 10.6. The van der Waals surface area contributed by atoms with Gasteiger partial charge < -0.3 is 19.2 Å². The number of carboxylic acids is 1. The fraction of sp³-hybridized carbons (Fsp3) is 0.250. The van der Waals surface area contributed by atoms with Crippen LogP contribution < -0.4 is 0 Å². The van der Waals surface area contributed by atoms with E-state index in [-0.39, 0.29) is 19.1 Å². The molecule has 0 saturated carbocycles. The summed E-state index contributed by atoms with van der Waals surface area (Å²) in [6.07, 6.45) is 2.88. The molecule has 6 heteroatoms. The average Bonchev–Trinajstić information content (AvgIpc) is 2.95. The molecule has 1 aromatic heterocycles. The van der Waals surface area contributed by atoms with Crippen LogP contribution in [0.15, 0.2) is 40.8 Å². The van der Waals surface area contributed by atoms with E-state index in [1.165, 1.54) is 11.0 Å². The summed E-state index contributed by atoms with van der Waals surface area (Å²) in [5.41, 5.74) is 0.740. The second kappa shape index (κ2) is 6.03. The first kappa shape index (κ1) is 14.3. The highest BCUT2D eigenvalue weighted by Crippen LogP contribution is 2.20. The van der Waals surface area contributed by atoms with Crippen molar-refractivity contribution in [3.63, 3.8) is 0 Å². The molecule has 1 amide bonds. The molecule has 1 unspecified atom stereocenters. The third kappa shape index (κ3) is 2.87. The predicted octanol–water partition coefficient (Wildman–Crippen LogP) is 1.76. The van der Waals surface area contributed by atoms with E-state index >= 15 is 0 Å². The van der Waals surface area contributed by atoms with Gasteiger partial charge in [0.05, 0.1) is 13.2 Å². The number of ether oxygens (including phenoxy) is 1. The minimum Gasteiger partial charge on any atom is -0.480 e. The van der Waals surface area contributed by atoms with Gasteiger partial charge in [0.2, 0.25) is 5.91 Å². The number of para-hydroxylation sites is 1. The number of aliphatic carboxylic acids is 1. The van der Waals surface area contributed by atoms with E-state index in [9.17, 15) is 9.59 Å². The zero-order chi connectivity index (χ0) is 15.5. The molecule has 3 rings (SSSR count). The number of hydrogen-bond acceptors (Lipinski definition) is 4. The van der Waals surface area contributed by atoms with Crippen LogP contribution in [0.5, 0.6) is 0 Å². The molecule has 1 fully saturated rings. The molecule has 1 aromatic carbocycles. The van der Waals surface area contributed by atoms with E-state index < -0.39 is 12.0 Å². The van der Waals surface area contributed by atoms with Crippen LogP contribution in [0.2, 0.25) is 0 Å². The number of fused-ring (bicyclic) bond motifs is 1. The van der Waals surface area contributed by atoms with E-state index in [1.54, 1.807) is 6.08 Å².